The molecule has 0 radical (unpaired) electrons. The highest BCUT2D eigenvalue weighted by Crippen LogP contribution is 2.25. The van der Waals surface area contributed by atoms with E-state index in [4.69, 9.17) is 4.42 Å². The smallest absolute Gasteiger partial charge is 0.308 e. The Morgan fingerprint density at radius 1 is 1.22 bits per heavy atom. The number of hydrogen-bond acceptors (Lipinski definition) is 5. The summed E-state index contributed by atoms with van der Waals surface area (Å²) >= 11 is 1.41. The van der Waals surface area contributed by atoms with Gasteiger partial charge >= 0.3 is 5.97 Å². The highest BCUT2D eigenvalue weighted by Gasteiger charge is 2.19. The van der Waals surface area contributed by atoms with Gasteiger partial charge in [0.2, 0.25) is 5.91 Å². The molecule has 0 saturated carbocycles. The van der Waals surface area contributed by atoms with Gasteiger partial charge in [-0.1, -0.05) is 30.3 Å². The van der Waals surface area contributed by atoms with Gasteiger partial charge < -0.3 is 14.8 Å². The molecule has 7 heteroatoms. The van der Waals surface area contributed by atoms with E-state index < -0.39 is 11.9 Å². The Bertz CT molecular complexity index is 917. The number of aromatic nitrogens is 1. The van der Waals surface area contributed by atoms with Crippen molar-refractivity contribution in [2.45, 2.75) is 19.8 Å². The van der Waals surface area contributed by atoms with E-state index in [1.807, 2.05) is 54.8 Å². The number of amides is 1. The van der Waals surface area contributed by atoms with E-state index >= 15 is 0 Å². The van der Waals surface area contributed by atoms with Gasteiger partial charge in [0.05, 0.1) is 18.0 Å². The predicted octanol–water partition coefficient (Wildman–Crippen LogP) is 3.31. The molecule has 0 aliphatic rings. The summed E-state index contributed by atoms with van der Waals surface area (Å²) in [6, 6.07) is 13.1. The number of furan rings is 1. The summed E-state index contributed by atoms with van der Waals surface area (Å²) in [7, 11) is 0. The SMILES string of the molecule is Cc1ccc(-c2nc(CC(=O)NCC(Cc3ccccc3)C(=O)O)cs2)o1. The van der Waals surface area contributed by atoms with Crippen LogP contribution < -0.4 is 5.32 Å². The van der Waals surface area contributed by atoms with Crippen molar-refractivity contribution in [3.05, 3.63) is 64.9 Å². The van der Waals surface area contributed by atoms with Crippen molar-refractivity contribution in [1.82, 2.24) is 10.3 Å². The first kappa shape index (κ1) is 18.8. The van der Waals surface area contributed by atoms with Gasteiger partial charge in [-0.2, -0.15) is 0 Å². The summed E-state index contributed by atoms with van der Waals surface area (Å²) in [5, 5.41) is 14.6. The highest BCUT2D eigenvalue weighted by atomic mass is 32.1. The maximum Gasteiger partial charge on any atom is 0.308 e. The number of thiazole rings is 1. The van der Waals surface area contributed by atoms with Gasteiger partial charge in [0, 0.05) is 11.9 Å². The molecule has 3 aromatic rings. The fourth-order valence-electron chi connectivity index (χ4n) is 2.66. The van der Waals surface area contributed by atoms with Crippen LogP contribution in [0.15, 0.2) is 52.3 Å². The molecule has 0 bridgehead atoms. The van der Waals surface area contributed by atoms with E-state index in [9.17, 15) is 14.7 Å². The second kappa shape index (κ2) is 8.64. The molecular formula is C20H20N2O4S. The largest absolute Gasteiger partial charge is 0.481 e. The molecule has 6 nitrogen and oxygen atoms in total. The first-order chi connectivity index (χ1) is 13.0. The van der Waals surface area contributed by atoms with Crippen molar-refractivity contribution in [1.29, 1.82) is 0 Å². The lowest BCUT2D eigenvalue weighted by Gasteiger charge is -2.13. The molecule has 3 rings (SSSR count). The van der Waals surface area contributed by atoms with Gasteiger partial charge in [-0.25, -0.2) is 4.98 Å². The van der Waals surface area contributed by atoms with Crippen molar-refractivity contribution in [3.63, 3.8) is 0 Å². The van der Waals surface area contributed by atoms with Crippen LogP contribution in [-0.4, -0.2) is 28.5 Å². The number of nitrogens with one attached hydrogen (secondary N) is 1. The standard InChI is InChI=1S/C20H20N2O4S/c1-13-7-8-17(26-13)19-22-16(12-27-19)10-18(23)21-11-15(20(24)25)9-14-5-3-2-4-6-14/h2-8,12,15H,9-11H2,1H3,(H,21,23)(H,24,25). The average molecular weight is 384 g/mol. The zero-order valence-electron chi connectivity index (χ0n) is 14.8. The van der Waals surface area contributed by atoms with Gasteiger partial charge in [0.1, 0.15) is 5.76 Å². The van der Waals surface area contributed by atoms with Gasteiger partial charge in [-0.3, -0.25) is 9.59 Å². The van der Waals surface area contributed by atoms with Crippen LogP contribution in [0.5, 0.6) is 0 Å². The van der Waals surface area contributed by atoms with Crippen molar-refractivity contribution < 1.29 is 19.1 Å². The third-order valence-corrected chi connectivity index (χ3v) is 4.97. The minimum absolute atomic E-state index is 0.0808. The number of aliphatic carboxylic acids is 1. The van der Waals surface area contributed by atoms with Crippen molar-refractivity contribution in [2.75, 3.05) is 6.54 Å². The molecule has 140 valence electrons. The third-order valence-electron chi connectivity index (χ3n) is 4.06. The highest BCUT2D eigenvalue weighted by molar-refractivity contribution is 7.13. The Labute approximate surface area is 160 Å². The molecule has 1 atom stereocenters. The Kier molecular flexibility index (Phi) is 6.03. The lowest BCUT2D eigenvalue weighted by molar-refractivity contribution is -0.141. The number of aryl methyl sites for hydroxylation is 1. The zero-order valence-corrected chi connectivity index (χ0v) is 15.7. The minimum atomic E-state index is -0.928. The number of carboxylic acids is 1. The molecule has 1 amide bonds. The van der Waals surface area contributed by atoms with Crippen LogP contribution in [0.3, 0.4) is 0 Å². The third kappa shape index (κ3) is 5.27. The molecule has 2 N–H and O–H groups in total. The molecule has 0 spiro atoms. The number of hydrogen-bond donors (Lipinski definition) is 2. The monoisotopic (exact) mass is 384 g/mol. The Morgan fingerprint density at radius 2 is 2.00 bits per heavy atom. The zero-order chi connectivity index (χ0) is 19.2. The van der Waals surface area contributed by atoms with Crippen molar-refractivity contribution >= 4 is 23.2 Å². The molecule has 0 fully saturated rings. The lowest BCUT2D eigenvalue weighted by Crippen LogP contribution is -2.35. The lowest BCUT2D eigenvalue weighted by atomic mass is 9.99. The summed E-state index contributed by atoms with van der Waals surface area (Å²) in [6.45, 7) is 1.94. The van der Waals surface area contributed by atoms with Crippen LogP contribution in [0.4, 0.5) is 0 Å². The van der Waals surface area contributed by atoms with Gasteiger partial charge in [0.15, 0.2) is 10.8 Å². The summed E-state index contributed by atoms with van der Waals surface area (Å²) in [5.41, 5.74) is 1.56. The predicted molar refractivity (Wildman–Crippen MR) is 103 cm³/mol. The van der Waals surface area contributed by atoms with E-state index in [1.165, 1.54) is 11.3 Å². The van der Waals surface area contributed by atoms with Crippen LogP contribution in [0.2, 0.25) is 0 Å². The Hall–Kier alpha value is -2.93. The molecule has 27 heavy (non-hydrogen) atoms. The first-order valence-corrected chi connectivity index (χ1v) is 9.44. The maximum atomic E-state index is 12.2. The summed E-state index contributed by atoms with van der Waals surface area (Å²) in [4.78, 5) is 28.1. The minimum Gasteiger partial charge on any atom is -0.481 e. The van der Waals surface area contributed by atoms with Gasteiger partial charge in [0.25, 0.3) is 0 Å². The molecule has 2 aromatic heterocycles. The van der Waals surface area contributed by atoms with Crippen molar-refractivity contribution in [2.24, 2.45) is 5.92 Å². The second-order valence-corrected chi connectivity index (χ2v) is 7.12. The van der Waals surface area contributed by atoms with Crippen LogP contribution in [-0.2, 0) is 22.4 Å². The van der Waals surface area contributed by atoms with E-state index in [2.05, 4.69) is 10.3 Å². The maximum absolute atomic E-state index is 12.2. The molecule has 0 saturated heterocycles. The Morgan fingerprint density at radius 3 is 2.67 bits per heavy atom. The van der Waals surface area contributed by atoms with E-state index in [-0.39, 0.29) is 18.9 Å². The fourth-order valence-corrected chi connectivity index (χ4v) is 3.44. The van der Waals surface area contributed by atoms with Crippen LogP contribution >= 0.6 is 11.3 Å². The Balaban J connectivity index is 1.54. The number of benzene rings is 1. The number of carboxylic acid groups (broad SMARTS) is 1. The number of carbonyl (C=O) groups is 2. The van der Waals surface area contributed by atoms with Crippen LogP contribution in [0.25, 0.3) is 10.8 Å². The molecule has 0 aliphatic heterocycles. The van der Waals surface area contributed by atoms with Gasteiger partial charge in [-0.05, 0) is 31.0 Å². The first-order valence-electron chi connectivity index (χ1n) is 8.56. The van der Waals surface area contributed by atoms with Crippen LogP contribution in [0.1, 0.15) is 17.0 Å². The number of rotatable bonds is 8. The van der Waals surface area contributed by atoms with Crippen LogP contribution in [0, 0.1) is 12.8 Å². The fraction of sp³-hybridized carbons (Fsp3) is 0.250. The van der Waals surface area contributed by atoms with E-state index in [1.54, 1.807) is 0 Å². The summed E-state index contributed by atoms with van der Waals surface area (Å²) < 4.78 is 5.53. The summed E-state index contributed by atoms with van der Waals surface area (Å²) in [5.74, 6) is -0.367. The topological polar surface area (TPSA) is 92.4 Å². The van der Waals surface area contributed by atoms with E-state index in [0.717, 1.165) is 16.3 Å². The quantitative estimate of drug-likeness (QED) is 0.622. The van der Waals surface area contributed by atoms with E-state index in [0.29, 0.717) is 17.9 Å². The summed E-state index contributed by atoms with van der Waals surface area (Å²) in [6.07, 6.45) is 0.475. The molecule has 0 aliphatic carbocycles. The number of nitrogens with zero attached hydrogens (tertiary/aromatic N) is 1. The van der Waals surface area contributed by atoms with Crippen molar-refractivity contribution in [3.8, 4) is 10.8 Å². The molecule has 1 aromatic carbocycles. The molecule has 1 unspecified atom stereocenters. The normalized spacial score (nSPS) is 11.9. The van der Waals surface area contributed by atoms with Gasteiger partial charge in [-0.15, -0.1) is 11.3 Å². The molecule has 2 heterocycles. The molecular weight excluding hydrogens is 364 g/mol. The average Bonchev–Trinajstić information content (AvgIpc) is 3.28. The number of carbonyl (C=O) groups excluding carboxylic acids is 1. The second-order valence-electron chi connectivity index (χ2n) is 6.26.